The van der Waals surface area contributed by atoms with Crippen LogP contribution in [0, 0.1) is 5.92 Å². The second-order valence-electron chi connectivity index (χ2n) is 3.73. The van der Waals surface area contributed by atoms with E-state index in [9.17, 15) is 4.79 Å². The standard InChI is InChI=1S/C12H18O/c1-3-4-5-6-11-8-7-10(2)12(13)9-11/h5-7,11H,3-4,8-9H2,1-2H3/b6-5+. The first kappa shape index (κ1) is 10.2. The van der Waals surface area contributed by atoms with Crippen molar-refractivity contribution in [1.29, 1.82) is 0 Å². The van der Waals surface area contributed by atoms with Crippen molar-refractivity contribution < 1.29 is 4.79 Å². The van der Waals surface area contributed by atoms with Gasteiger partial charge in [0.05, 0.1) is 0 Å². The van der Waals surface area contributed by atoms with Gasteiger partial charge in [-0.15, -0.1) is 0 Å². The zero-order valence-corrected chi connectivity index (χ0v) is 8.55. The molecule has 1 nitrogen and oxygen atoms in total. The van der Waals surface area contributed by atoms with E-state index in [0.717, 1.165) is 18.4 Å². The average Bonchev–Trinajstić information content (AvgIpc) is 2.12. The Hall–Kier alpha value is -0.850. The van der Waals surface area contributed by atoms with Crippen molar-refractivity contribution in [1.82, 2.24) is 0 Å². The first-order valence-electron chi connectivity index (χ1n) is 5.10. The fourth-order valence-electron chi connectivity index (χ4n) is 1.53. The average molecular weight is 178 g/mol. The predicted octanol–water partition coefficient (Wildman–Crippen LogP) is 3.27. The molecule has 0 amide bonds. The van der Waals surface area contributed by atoms with E-state index >= 15 is 0 Å². The fraction of sp³-hybridized carbons (Fsp3) is 0.583. The quantitative estimate of drug-likeness (QED) is 0.606. The van der Waals surface area contributed by atoms with Crippen LogP contribution in [0.4, 0.5) is 0 Å². The van der Waals surface area contributed by atoms with Crippen LogP contribution in [0.15, 0.2) is 23.8 Å². The summed E-state index contributed by atoms with van der Waals surface area (Å²) in [6.45, 7) is 4.08. The number of unbranched alkanes of at least 4 members (excludes halogenated alkanes) is 1. The van der Waals surface area contributed by atoms with Crippen molar-refractivity contribution in [3.05, 3.63) is 23.8 Å². The van der Waals surface area contributed by atoms with Crippen LogP contribution in [0.3, 0.4) is 0 Å². The molecule has 0 N–H and O–H groups in total. The summed E-state index contributed by atoms with van der Waals surface area (Å²) in [6, 6.07) is 0. The summed E-state index contributed by atoms with van der Waals surface area (Å²) in [5, 5.41) is 0. The van der Waals surface area contributed by atoms with Gasteiger partial charge in [0, 0.05) is 6.42 Å². The molecule has 0 saturated carbocycles. The second kappa shape index (κ2) is 5.00. The van der Waals surface area contributed by atoms with Gasteiger partial charge in [0.1, 0.15) is 0 Å². The molecular formula is C12H18O. The molecule has 1 atom stereocenters. The fourth-order valence-corrected chi connectivity index (χ4v) is 1.53. The van der Waals surface area contributed by atoms with Gasteiger partial charge in [-0.05, 0) is 31.3 Å². The molecule has 0 aromatic rings. The van der Waals surface area contributed by atoms with E-state index in [-0.39, 0.29) is 0 Å². The van der Waals surface area contributed by atoms with Gasteiger partial charge in [-0.1, -0.05) is 31.6 Å². The third-order valence-corrected chi connectivity index (χ3v) is 2.48. The first-order chi connectivity index (χ1) is 6.24. The molecule has 72 valence electrons. The molecule has 0 heterocycles. The van der Waals surface area contributed by atoms with Crippen molar-refractivity contribution in [2.45, 2.75) is 39.5 Å². The van der Waals surface area contributed by atoms with Gasteiger partial charge in [-0.25, -0.2) is 0 Å². The summed E-state index contributed by atoms with van der Waals surface area (Å²) in [5.41, 5.74) is 0.945. The predicted molar refractivity (Wildman–Crippen MR) is 55.5 cm³/mol. The van der Waals surface area contributed by atoms with E-state index in [0.29, 0.717) is 18.1 Å². The number of carbonyl (C=O) groups excluding carboxylic acids is 1. The van der Waals surface area contributed by atoms with Crippen LogP contribution in [0.2, 0.25) is 0 Å². The Balaban J connectivity index is 2.43. The lowest BCUT2D eigenvalue weighted by Gasteiger charge is -2.15. The Morgan fingerprint density at radius 3 is 3.00 bits per heavy atom. The van der Waals surface area contributed by atoms with Gasteiger partial charge in [0.15, 0.2) is 5.78 Å². The van der Waals surface area contributed by atoms with E-state index in [1.165, 1.54) is 6.42 Å². The highest BCUT2D eigenvalue weighted by molar-refractivity contribution is 5.95. The van der Waals surface area contributed by atoms with E-state index in [1.807, 2.05) is 6.92 Å². The number of rotatable bonds is 3. The second-order valence-corrected chi connectivity index (χ2v) is 3.73. The molecule has 0 radical (unpaired) electrons. The van der Waals surface area contributed by atoms with Crippen LogP contribution >= 0.6 is 0 Å². The van der Waals surface area contributed by atoms with Crippen LogP contribution in [0.5, 0.6) is 0 Å². The maximum Gasteiger partial charge on any atom is 0.158 e. The molecule has 1 aliphatic carbocycles. The molecule has 1 aliphatic rings. The minimum absolute atomic E-state index is 0.317. The lowest BCUT2D eigenvalue weighted by molar-refractivity contribution is -0.116. The Kier molecular flexibility index (Phi) is 3.94. The van der Waals surface area contributed by atoms with E-state index in [1.54, 1.807) is 0 Å². The van der Waals surface area contributed by atoms with Gasteiger partial charge in [0.2, 0.25) is 0 Å². The van der Waals surface area contributed by atoms with Crippen molar-refractivity contribution >= 4 is 5.78 Å². The minimum Gasteiger partial charge on any atom is -0.295 e. The molecule has 0 saturated heterocycles. The molecule has 0 fully saturated rings. The topological polar surface area (TPSA) is 17.1 Å². The SMILES string of the molecule is CCC/C=C/C1CC=C(C)C(=O)C1. The minimum atomic E-state index is 0.317. The number of carbonyl (C=O) groups is 1. The molecule has 0 aromatic carbocycles. The summed E-state index contributed by atoms with van der Waals surface area (Å²) >= 11 is 0. The highest BCUT2D eigenvalue weighted by atomic mass is 16.1. The van der Waals surface area contributed by atoms with Crippen LogP contribution in [0.25, 0.3) is 0 Å². The number of hydrogen-bond acceptors (Lipinski definition) is 1. The van der Waals surface area contributed by atoms with Crippen LogP contribution in [-0.4, -0.2) is 5.78 Å². The normalized spacial score (nSPS) is 23.7. The van der Waals surface area contributed by atoms with E-state index in [4.69, 9.17) is 0 Å². The van der Waals surface area contributed by atoms with Crippen LogP contribution < -0.4 is 0 Å². The maximum absolute atomic E-state index is 11.3. The van der Waals surface area contributed by atoms with Gasteiger partial charge in [-0.2, -0.15) is 0 Å². The molecule has 1 heteroatoms. The van der Waals surface area contributed by atoms with Crippen LogP contribution in [-0.2, 0) is 4.79 Å². The lowest BCUT2D eigenvalue weighted by Crippen LogP contribution is -2.12. The summed E-state index contributed by atoms with van der Waals surface area (Å²) in [6.07, 6.45) is 10.5. The summed E-state index contributed by atoms with van der Waals surface area (Å²) in [5.74, 6) is 0.778. The van der Waals surface area contributed by atoms with Crippen molar-refractivity contribution in [2.24, 2.45) is 5.92 Å². The first-order valence-corrected chi connectivity index (χ1v) is 5.10. The number of ketones is 1. The van der Waals surface area contributed by atoms with Crippen molar-refractivity contribution in [3.8, 4) is 0 Å². The molecule has 0 aromatic heterocycles. The van der Waals surface area contributed by atoms with E-state index in [2.05, 4.69) is 25.2 Å². The Bertz CT molecular complexity index is 236. The summed E-state index contributed by atoms with van der Waals surface area (Å²) < 4.78 is 0. The smallest absolute Gasteiger partial charge is 0.158 e. The summed E-state index contributed by atoms with van der Waals surface area (Å²) in [4.78, 5) is 11.3. The number of Topliss-reactive ketones (excluding diaryl/α,β-unsaturated/α-hetero) is 1. The molecule has 0 bridgehead atoms. The third kappa shape index (κ3) is 3.17. The van der Waals surface area contributed by atoms with Gasteiger partial charge >= 0.3 is 0 Å². The van der Waals surface area contributed by atoms with Gasteiger partial charge in [-0.3, -0.25) is 4.79 Å². The largest absolute Gasteiger partial charge is 0.295 e. The molecular weight excluding hydrogens is 160 g/mol. The molecule has 0 aliphatic heterocycles. The Morgan fingerprint density at radius 2 is 2.38 bits per heavy atom. The molecule has 0 spiro atoms. The highest BCUT2D eigenvalue weighted by Crippen LogP contribution is 2.21. The van der Waals surface area contributed by atoms with Crippen LogP contribution in [0.1, 0.15) is 39.5 Å². The van der Waals surface area contributed by atoms with Crippen molar-refractivity contribution in [3.63, 3.8) is 0 Å². The van der Waals surface area contributed by atoms with Gasteiger partial charge < -0.3 is 0 Å². The van der Waals surface area contributed by atoms with Crippen molar-refractivity contribution in [2.75, 3.05) is 0 Å². The molecule has 1 rings (SSSR count). The zero-order chi connectivity index (χ0) is 9.68. The summed E-state index contributed by atoms with van der Waals surface area (Å²) in [7, 11) is 0. The Labute approximate surface area is 80.5 Å². The number of hydrogen-bond donors (Lipinski definition) is 0. The zero-order valence-electron chi connectivity index (χ0n) is 8.55. The Morgan fingerprint density at radius 1 is 1.62 bits per heavy atom. The van der Waals surface area contributed by atoms with E-state index < -0.39 is 0 Å². The number of allylic oxidation sites excluding steroid dienone is 4. The lowest BCUT2D eigenvalue weighted by atomic mass is 9.89. The molecule has 1 unspecified atom stereocenters. The van der Waals surface area contributed by atoms with Gasteiger partial charge in [0.25, 0.3) is 0 Å². The monoisotopic (exact) mass is 178 g/mol. The highest BCUT2D eigenvalue weighted by Gasteiger charge is 2.16. The molecule has 13 heavy (non-hydrogen) atoms. The maximum atomic E-state index is 11.3. The third-order valence-electron chi connectivity index (χ3n) is 2.48.